The van der Waals surface area contributed by atoms with Crippen LogP contribution in [0.2, 0.25) is 0 Å². The molecule has 2 unspecified atom stereocenters. The second-order valence-electron chi connectivity index (χ2n) is 7.15. The van der Waals surface area contributed by atoms with Gasteiger partial charge in [-0.2, -0.15) is 0 Å². The van der Waals surface area contributed by atoms with Gasteiger partial charge in [-0.25, -0.2) is 0 Å². The lowest BCUT2D eigenvalue weighted by atomic mass is 9.73. The number of hydrogen-bond donors (Lipinski definition) is 1. The molecule has 2 fully saturated rings. The van der Waals surface area contributed by atoms with Crippen molar-refractivity contribution in [1.82, 2.24) is 0 Å². The second-order valence-corrected chi connectivity index (χ2v) is 7.15. The van der Waals surface area contributed by atoms with Crippen molar-refractivity contribution in [3.05, 3.63) is 34.9 Å². The van der Waals surface area contributed by atoms with E-state index in [2.05, 4.69) is 32.0 Å². The molecule has 1 N–H and O–H groups in total. The zero-order chi connectivity index (χ0) is 14.9. The summed E-state index contributed by atoms with van der Waals surface area (Å²) < 4.78 is 6.17. The lowest BCUT2D eigenvalue weighted by molar-refractivity contribution is -0.134. The summed E-state index contributed by atoms with van der Waals surface area (Å²) in [5, 5.41) is 10.9. The van der Waals surface area contributed by atoms with Gasteiger partial charge in [0.25, 0.3) is 0 Å². The third kappa shape index (κ3) is 3.17. The van der Waals surface area contributed by atoms with Gasteiger partial charge in [0.2, 0.25) is 0 Å². The summed E-state index contributed by atoms with van der Waals surface area (Å²) in [6, 6.07) is 6.41. The monoisotopic (exact) mass is 288 g/mol. The maximum Gasteiger partial charge on any atom is 0.0822 e. The molecule has 2 atom stereocenters. The average Bonchev–Trinajstić information content (AvgIpc) is 2.50. The Morgan fingerprint density at radius 3 is 2.71 bits per heavy atom. The van der Waals surface area contributed by atoms with E-state index in [1.165, 1.54) is 43.2 Å². The Kier molecular flexibility index (Phi) is 4.37. The van der Waals surface area contributed by atoms with Gasteiger partial charge in [-0.3, -0.25) is 0 Å². The van der Waals surface area contributed by atoms with Crippen LogP contribution in [0.1, 0.15) is 67.7 Å². The van der Waals surface area contributed by atoms with Crippen LogP contribution in [-0.2, 0) is 4.74 Å². The SMILES string of the molecule is Cc1ccc(C)c(C(O)C2CCOC3(CCCCC3)C2)c1. The Morgan fingerprint density at radius 2 is 1.95 bits per heavy atom. The number of aryl methyl sites for hydroxylation is 2. The lowest BCUT2D eigenvalue weighted by Crippen LogP contribution is -2.42. The molecule has 2 aliphatic rings. The van der Waals surface area contributed by atoms with Crippen molar-refractivity contribution >= 4 is 0 Å². The zero-order valence-corrected chi connectivity index (χ0v) is 13.4. The fourth-order valence-corrected chi connectivity index (χ4v) is 4.21. The molecule has 1 heterocycles. The molecule has 21 heavy (non-hydrogen) atoms. The number of ether oxygens (including phenoxy) is 1. The molecule has 1 aromatic carbocycles. The van der Waals surface area contributed by atoms with Gasteiger partial charge in [0.1, 0.15) is 0 Å². The number of benzene rings is 1. The molecule has 2 heteroatoms. The number of aliphatic hydroxyl groups excluding tert-OH is 1. The molecular formula is C19H28O2. The van der Waals surface area contributed by atoms with Crippen molar-refractivity contribution in [2.45, 2.75) is 70.5 Å². The van der Waals surface area contributed by atoms with Gasteiger partial charge in [0.05, 0.1) is 11.7 Å². The van der Waals surface area contributed by atoms with E-state index in [0.29, 0.717) is 5.92 Å². The molecule has 1 aliphatic carbocycles. The van der Waals surface area contributed by atoms with E-state index in [9.17, 15) is 5.11 Å². The van der Waals surface area contributed by atoms with E-state index in [0.717, 1.165) is 25.0 Å². The standard InChI is InChI=1S/C19H28O2/c1-14-6-7-15(2)17(12-14)18(20)16-8-11-21-19(13-16)9-4-3-5-10-19/h6-7,12,16,18,20H,3-5,8-11,13H2,1-2H3. The highest BCUT2D eigenvalue weighted by Gasteiger charge is 2.40. The normalized spacial score (nSPS) is 26.7. The molecule has 0 amide bonds. The van der Waals surface area contributed by atoms with Crippen molar-refractivity contribution < 1.29 is 9.84 Å². The minimum absolute atomic E-state index is 0.0693. The van der Waals surface area contributed by atoms with Crippen LogP contribution in [0.15, 0.2) is 18.2 Å². The van der Waals surface area contributed by atoms with Crippen molar-refractivity contribution in [3.8, 4) is 0 Å². The van der Waals surface area contributed by atoms with E-state index < -0.39 is 0 Å². The Bertz CT molecular complexity index is 483. The predicted molar refractivity (Wildman–Crippen MR) is 85.4 cm³/mol. The Labute approximate surface area is 128 Å². The Morgan fingerprint density at radius 1 is 1.19 bits per heavy atom. The van der Waals surface area contributed by atoms with Crippen molar-refractivity contribution in [2.75, 3.05) is 6.61 Å². The fraction of sp³-hybridized carbons (Fsp3) is 0.684. The second kappa shape index (κ2) is 6.10. The van der Waals surface area contributed by atoms with E-state index in [1.807, 2.05) is 0 Å². The van der Waals surface area contributed by atoms with Gasteiger partial charge in [0.15, 0.2) is 0 Å². The molecule has 2 nitrogen and oxygen atoms in total. The third-order valence-electron chi connectivity index (χ3n) is 5.50. The van der Waals surface area contributed by atoms with Gasteiger partial charge in [-0.05, 0) is 56.6 Å². The molecule has 1 spiro atoms. The molecule has 0 radical (unpaired) electrons. The number of aliphatic hydroxyl groups is 1. The summed E-state index contributed by atoms with van der Waals surface area (Å²) in [6.07, 6.45) is 7.95. The third-order valence-corrected chi connectivity index (χ3v) is 5.50. The van der Waals surface area contributed by atoms with Crippen molar-refractivity contribution in [2.24, 2.45) is 5.92 Å². The molecule has 116 valence electrons. The van der Waals surface area contributed by atoms with Gasteiger partial charge in [0, 0.05) is 6.61 Å². The summed E-state index contributed by atoms with van der Waals surface area (Å²) in [5.41, 5.74) is 3.62. The van der Waals surface area contributed by atoms with Gasteiger partial charge < -0.3 is 9.84 Å². The Hall–Kier alpha value is -0.860. The number of rotatable bonds is 2. The molecule has 0 bridgehead atoms. The number of hydrogen-bond acceptors (Lipinski definition) is 2. The molecule has 3 rings (SSSR count). The van der Waals surface area contributed by atoms with E-state index in [1.54, 1.807) is 0 Å². The Balaban J connectivity index is 1.77. The first-order valence-electron chi connectivity index (χ1n) is 8.49. The van der Waals surface area contributed by atoms with Crippen molar-refractivity contribution in [1.29, 1.82) is 0 Å². The van der Waals surface area contributed by atoms with Crippen LogP contribution in [0.4, 0.5) is 0 Å². The van der Waals surface area contributed by atoms with E-state index in [4.69, 9.17) is 4.74 Å². The van der Waals surface area contributed by atoms with Crippen molar-refractivity contribution in [3.63, 3.8) is 0 Å². The first-order chi connectivity index (χ1) is 10.1. The predicted octanol–water partition coefficient (Wildman–Crippen LogP) is 4.47. The van der Waals surface area contributed by atoms with Crippen LogP contribution in [0.25, 0.3) is 0 Å². The quantitative estimate of drug-likeness (QED) is 0.870. The maximum atomic E-state index is 10.9. The maximum absolute atomic E-state index is 10.9. The van der Waals surface area contributed by atoms with Gasteiger partial charge >= 0.3 is 0 Å². The summed E-state index contributed by atoms with van der Waals surface area (Å²) in [6.45, 7) is 5.02. The highest BCUT2D eigenvalue weighted by molar-refractivity contribution is 5.32. The largest absolute Gasteiger partial charge is 0.388 e. The molecule has 1 saturated carbocycles. The van der Waals surface area contributed by atoms with Crippen LogP contribution in [0.3, 0.4) is 0 Å². The van der Waals surface area contributed by atoms with E-state index >= 15 is 0 Å². The van der Waals surface area contributed by atoms with Crippen LogP contribution >= 0.6 is 0 Å². The van der Waals surface area contributed by atoms with E-state index in [-0.39, 0.29) is 11.7 Å². The first-order valence-corrected chi connectivity index (χ1v) is 8.49. The molecular weight excluding hydrogens is 260 g/mol. The smallest absolute Gasteiger partial charge is 0.0822 e. The minimum Gasteiger partial charge on any atom is -0.388 e. The highest BCUT2D eigenvalue weighted by atomic mass is 16.5. The minimum atomic E-state index is -0.340. The molecule has 1 saturated heterocycles. The average molecular weight is 288 g/mol. The zero-order valence-electron chi connectivity index (χ0n) is 13.4. The van der Waals surface area contributed by atoms with Crippen LogP contribution in [0, 0.1) is 19.8 Å². The summed E-state index contributed by atoms with van der Waals surface area (Å²) in [4.78, 5) is 0. The highest BCUT2D eigenvalue weighted by Crippen LogP contribution is 2.44. The first kappa shape index (κ1) is 15.1. The molecule has 1 aromatic rings. The lowest BCUT2D eigenvalue weighted by Gasteiger charge is -2.44. The van der Waals surface area contributed by atoms with Crippen LogP contribution < -0.4 is 0 Å². The van der Waals surface area contributed by atoms with Gasteiger partial charge in [-0.1, -0.05) is 43.0 Å². The molecule has 0 aromatic heterocycles. The van der Waals surface area contributed by atoms with Crippen LogP contribution in [0.5, 0.6) is 0 Å². The fourth-order valence-electron chi connectivity index (χ4n) is 4.21. The van der Waals surface area contributed by atoms with Crippen LogP contribution in [-0.4, -0.2) is 17.3 Å². The topological polar surface area (TPSA) is 29.5 Å². The summed E-state index contributed by atoms with van der Waals surface area (Å²) in [5.74, 6) is 0.345. The summed E-state index contributed by atoms with van der Waals surface area (Å²) in [7, 11) is 0. The summed E-state index contributed by atoms with van der Waals surface area (Å²) >= 11 is 0. The molecule has 1 aliphatic heterocycles. The van der Waals surface area contributed by atoms with Gasteiger partial charge in [-0.15, -0.1) is 0 Å².